The molecule has 24 nitrogen and oxygen atoms in total. The minimum atomic E-state index is -1.78. The molecule has 0 spiro atoms. The van der Waals surface area contributed by atoms with Gasteiger partial charge in [0.15, 0.2) is 0 Å². The average Bonchev–Trinajstić information content (AvgIpc) is 3.80. The van der Waals surface area contributed by atoms with Gasteiger partial charge in [-0.05, 0) is 50.3 Å². The first-order chi connectivity index (χ1) is 32.7. The van der Waals surface area contributed by atoms with E-state index in [9.17, 15) is 52.7 Å². The lowest BCUT2D eigenvalue weighted by atomic mass is 9.96. The Bertz CT molecular complexity index is 2000. The lowest BCUT2D eigenvalue weighted by Crippen LogP contribution is -2.62. The molecule has 1 aromatic carbocycles. The first-order valence-electron chi connectivity index (χ1n) is 22.8. The minimum Gasteiger partial charge on any atom is -0.370 e. The number of primary amides is 3. The summed E-state index contributed by atoms with van der Waals surface area (Å²) in [6.07, 6.45) is -0.0953. The van der Waals surface area contributed by atoms with Gasteiger partial charge in [0.25, 0.3) is 0 Å². The van der Waals surface area contributed by atoms with Crippen molar-refractivity contribution in [3.63, 3.8) is 0 Å². The van der Waals surface area contributed by atoms with Crippen LogP contribution in [0.3, 0.4) is 0 Å². The van der Waals surface area contributed by atoms with E-state index in [1.807, 2.05) is 6.92 Å². The van der Waals surface area contributed by atoms with Crippen LogP contribution in [0.15, 0.2) is 30.3 Å². The SMILES string of the molecule is CCNCCC[C@H](NC(=O)[C@@H]1CCCN1C(=O)[C@@H]1CSSC[C@H](N)C(=O)N[C@@H](Cc2ccccc2)C(=O)N[C@@H]([C@@H](C)CC)C(=O)N[C@@H](CC(N)=O)C(=O)N[C@@H](CC(N)=O)C(=O)N1)C(=O)NCC(N)=O. The standard InChI is InChI=1S/C43H67N13O11S2/c1-4-23(3)35-42(66)53-29(19-33(46)58)38(62)52-28(18-32(45)57)39(63)54-30(22-69-68-21-25(44)36(60)51-27(40(64)55-35)17-24-11-7-6-8-12-24)43(67)56-16-10-14-31(56)41(65)50-26(13-9-15-48-5-2)37(61)49-20-34(47)59/h6-8,11-12,23,25-31,35,48H,4-5,9-10,13-22,44H2,1-3H3,(H2,45,57)(H2,46,58)(H2,47,59)(H,49,61)(H,50,65)(H,51,60)(H,52,62)(H,53,66)(H,54,63)(H,55,64)/t23-,25-,26-,27-,28-,29-,30-,31-,35-/m0/s1. The van der Waals surface area contributed by atoms with Crippen molar-refractivity contribution < 1.29 is 52.7 Å². The van der Waals surface area contributed by atoms with E-state index in [2.05, 4.69) is 42.5 Å². The summed E-state index contributed by atoms with van der Waals surface area (Å²) in [4.78, 5) is 148. The predicted octanol–water partition coefficient (Wildman–Crippen LogP) is -4.36. The maximum absolute atomic E-state index is 14.5. The second kappa shape index (κ2) is 29.1. The van der Waals surface area contributed by atoms with Crippen molar-refractivity contribution in [2.75, 3.05) is 37.7 Å². The van der Waals surface area contributed by atoms with Crippen LogP contribution in [0.4, 0.5) is 0 Å². The molecule has 2 fully saturated rings. The third-order valence-corrected chi connectivity index (χ3v) is 13.8. The Labute approximate surface area is 408 Å². The molecule has 69 heavy (non-hydrogen) atoms. The molecule has 0 saturated carbocycles. The van der Waals surface area contributed by atoms with Crippen molar-refractivity contribution in [3.05, 3.63) is 35.9 Å². The highest BCUT2D eigenvalue weighted by molar-refractivity contribution is 8.76. The largest absolute Gasteiger partial charge is 0.370 e. The molecule has 16 N–H and O–H groups in total. The van der Waals surface area contributed by atoms with Crippen LogP contribution in [0.2, 0.25) is 0 Å². The van der Waals surface area contributed by atoms with Crippen molar-refractivity contribution in [2.24, 2.45) is 28.9 Å². The van der Waals surface area contributed by atoms with Gasteiger partial charge in [0, 0.05) is 24.5 Å². The molecule has 382 valence electrons. The van der Waals surface area contributed by atoms with Crippen LogP contribution < -0.4 is 65.5 Å². The zero-order valence-corrected chi connectivity index (χ0v) is 40.7. The first-order valence-corrected chi connectivity index (χ1v) is 25.2. The molecular formula is C43H67N13O11S2. The van der Waals surface area contributed by atoms with Gasteiger partial charge in [-0.2, -0.15) is 0 Å². The van der Waals surface area contributed by atoms with Gasteiger partial charge in [-0.3, -0.25) is 52.7 Å². The molecule has 2 saturated heterocycles. The van der Waals surface area contributed by atoms with E-state index >= 15 is 0 Å². The summed E-state index contributed by atoms with van der Waals surface area (Å²) < 4.78 is 0. The van der Waals surface area contributed by atoms with E-state index in [1.54, 1.807) is 44.2 Å². The Hall–Kier alpha value is -5.99. The van der Waals surface area contributed by atoms with Crippen molar-refractivity contribution in [1.82, 2.24) is 47.4 Å². The zero-order valence-electron chi connectivity index (χ0n) is 39.0. The van der Waals surface area contributed by atoms with Gasteiger partial charge in [-0.25, -0.2) is 0 Å². The molecule has 3 rings (SSSR count). The van der Waals surface area contributed by atoms with Crippen LogP contribution in [-0.2, 0) is 59.2 Å². The first kappa shape index (κ1) is 57.3. The summed E-state index contributed by atoms with van der Waals surface area (Å²) in [5.41, 5.74) is 23.2. The number of hydrogen-bond donors (Lipinski definition) is 12. The third-order valence-electron chi connectivity index (χ3n) is 11.3. The summed E-state index contributed by atoms with van der Waals surface area (Å²) >= 11 is 0. The van der Waals surface area contributed by atoms with E-state index in [4.69, 9.17) is 22.9 Å². The molecule has 9 atom stereocenters. The molecule has 0 unspecified atom stereocenters. The van der Waals surface area contributed by atoms with Crippen LogP contribution >= 0.6 is 21.6 Å². The molecule has 11 amide bonds. The number of carbonyl (C=O) groups excluding carboxylic acids is 11. The number of benzene rings is 1. The summed E-state index contributed by atoms with van der Waals surface area (Å²) in [6, 6.07) is -2.24. The third kappa shape index (κ3) is 19.1. The summed E-state index contributed by atoms with van der Waals surface area (Å²) in [6.45, 7) is 6.07. The van der Waals surface area contributed by atoms with Gasteiger partial charge < -0.3 is 70.4 Å². The number of carbonyl (C=O) groups is 11. The van der Waals surface area contributed by atoms with E-state index in [0.717, 1.165) is 21.6 Å². The Balaban J connectivity index is 2.02. The monoisotopic (exact) mass is 1010 g/mol. The highest BCUT2D eigenvalue weighted by Crippen LogP contribution is 2.26. The Kier molecular flexibility index (Phi) is 24.2. The number of nitrogens with two attached hydrogens (primary N) is 4. The predicted molar refractivity (Wildman–Crippen MR) is 256 cm³/mol. The molecular weight excluding hydrogens is 939 g/mol. The van der Waals surface area contributed by atoms with E-state index < -0.39 is 139 Å². The maximum atomic E-state index is 14.5. The van der Waals surface area contributed by atoms with Gasteiger partial charge >= 0.3 is 0 Å². The molecule has 1 aromatic rings. The van der Waals surface area contributed by atoms with Gasteiger partial charge in [0.2, 0.25) is 65.0 Å². The highest BCUT2D eigenvalue weighted by atomic mass is 33.1. The lowest BCUT2D eigenvalue weighted by molar-refractivity contribution is -0.142. The van der Waals surface area contributed by atoms with Gasteiger partial charge in [0.1, 0.15) is 42.3 Å². The molecule has 0 radical (unpaired) electrons. The van der Waals surface area contributed by atoms with Gasteiger partial charge in [-0.15, -0.1) is 0 Å². The topological polar surface area (TPSA) is 391 Å². The fourth-order valence-corrected chi connectivity index (χ4v) is 9.63. The molecule has 26 heteroatoms. The van der Waals surface area contributed by atoms with Gasteiger partial charge in [0.05, 0.1) is 25.4 Å². The number of rotatable bonds is 19. The molecule has 2 aliphatic heterocycles. The molecule has 0 aromatic heterocycles. The average molecular weight is 1010 g/mol. The van der Waals surface area contributed by atoms with E-state index in [1.165, 1.54) is 4.90 Å². The highest BCUT2D eigenvalue weighted by Gasteiger charge is 2.41. The Morgan fingerprint density at radius 2 is 1.36 bits per heavy atom. The fourth-order valence-electron chi connectivity index (χ4n) is 7.35. The second-order valence-electron chi connectivity index (χ2n) is 16.8. The molecule has 2 aliphatic rings. The summed E-state index contributed by atoms with van der Waals surface area (Å²) in [7, 11) is 2.08. The minimum absolute atomic E-state index is 0.00553. The smallest absolute Gasteiger partial charge is 0.246 e. The number of nitrogens with zero attached hydrogens (tertiary/aromatic N) is 1. The number of likely N-dealkylation sites (tertiary alicyclic amines) is 1. The van der Waals surface area contributed by atoms with Crippen molar-refractivity contribution in [2.45, 2.75) is 120 Å². The number of nitrogens with one attached hydrogen (secondary N) is 8. The van der Waals surface area contributed by atoms with E-state index in [0.29, 0.717) is 37.9 Å². The van der Waals surface area contributed by atoms with Crippen LogP contribution in [0.25, 0.3) is 0 Å². The number of hydrogen-bond acceptors (Lipinski definition) is 15. The normalized spacial score (nSPS) is 24.2. The van der Waals surface area contributed by atoms with E-state index in [-0.39, 0.29) is 37.3 Å². The Morgan fingerprint density at radius 1 is 0.768 bits per heavy atom. The molecule has 0 bridgehead atoms. The maximum Gasteiger partial charge on any atom is 0.246 e. The fraction of sp³-hybridized carbons (Fsp3) is 0.605. The van der Waals surface area contributed by atoms with Crippen molar-refractivity contribution in [3.8, 4) is 0 Å². The van der Waals surface area contributed by atoms with Crippen LogP contribution in [0.5, 0.6) is 0 Å². The van der Waals surface area contributed by atoms with Crippen molar-refractivity contribution >= 4 is 86.6 Å². The number of amides is 11. The zero-order chi connectivity index (χ0) is 51.2. The molecule has 2 heterocycles. The quantitative estimate of drug-likeness (QED) is 0.0460. The van der Waals surface area contributed by atoms with Crippen LogP contribution in [-0.4, -0.2) is 156 Å². The van der Waals surface area contributed by atoms with Crippen molar-refractivity contribution in [1.29, 1.82) is 0 Å². The molecule has 0 aliphatic carbocycles. The summed E-state index contributed by atoms with van der Waals surface area (Å²) in [5, 5.41) is 20.9. The van der Waals surface area contributed by atoms with Crippen LogP contribution in [0.1, 0.15) is 71.3 Å². The Morgan fingerprint density at radius 3 is 1.97 bits per heavy atom. The summed E-state index contributed by atoms with van der Waals surface area (Å²) in [5.74, 6) is -10.5. The lowest BCUT2D eigenvalue weighted by Gasteiger charge is -2.31. The second-order valence-corrected chi connectivity index (χ2v) is 19.3. The van der Waals surface area contributed by atoms with Gasteiger partial charge in [-0.1, -0.05) is 79.1 Å². The van der Waals surface area contributed by atoms with Crippen LogP contribution in [0, 0.1) is 5.92 Å².